The summed E-state index contributed by atoms with van der Waals surface area (Å²) >= 11 is 0. The molecule has 0 bridgehead atoms. The van der Waals surface area contributed by atoms with Gasteiger partial charge < -0.3 is 15.3 Å². The summed E-state index contributed by atoms with van der Waals surface area (Å²) in [6.07, 6.45) is 0. The highest BCUT2D eigenvalue weighted by molar-refractivity contribution is 5.76. The van der Waals surface area contributed by atoms with Crippen molar-refractivity contribution < 1.29 is 14.7 Å². The molecule has 1 aliphatic heterocycles. The van der Waals surface area contributed by atoms with E-state index in [0.29, 0.717) is 19.1 Å². The molecule has 2 atom stereocenters. The normalized spacial score (nSPS) is 22.6. The summed E-state index contributed by atoms with van der Waals surface area (Å²) in [5, 5.41) is 11.4. The van der Waals surface area contributed by atoms with Gasteiger partial charge >= 0.3 is 12.0 Å². The van der Waals surface area contributed by atoms with E-state index >= 15 is 0 Å². The first kappa shape index (κ1) is 14.8. The second-order valence-corrected chi connectivity index (χ2v) is 4.85. The average Bonchev–Trinajstić information content (AvgIpc) is 2.35. The molecule has 1 rings (SSSR count). The number of carboxylic acids is 1. The summed E-state index contributed by atoms with van der Waals surface area (Å²) in [6.45, 7) is 9.24. The average molecular weight is 257 g/mol. The standard InChI is InChI=1S/C12H23N3O3/c1-4-14-5-6-15(8-10(14)3)12(18)13-7-9(2)11(16)17/h9-10H,4-8H2,1-3H3,(H,13,18)(H,16,17). The maximum Gasteiger partial charge on any atom is 0.317 e. The van der Waals surface area contributed by atoms with E-state index in [1.54, 1.807) is 11.8 Å². The number of rotatable bonds is 4. The minimum Gasteiger partial charge on any atom is -0.481 e. The molecule has 6 heteroatoms. The van der Waals surface area contributed by atoms with Crippen LogP contribution >= 0.6 is 0 Å². The van der Waals surface area contributed by atoms with E-state index in [0.717, 1.165) is 13.1 Å². The van der Waals surface area contributed by atoms with E-state index in [4.69, 9.17) is 5.11 Å². The lowest BCUT2D eigenvalue weighted by Gasteiger charge is -2.39. The lowest BCUT2D eigenvalue weighted by molar-refractivity contribution is -0.140. The number of carboxylic acid groups (broad SMARTS) is 1. The molecule has 1 fully saturated rings. The van der Waals surface area contributed by atoms with Crippen molar-refractivity contribution in [3.63, 3.8) is 0 Å². The molecule has 2 unspecified atom stereocenters. The Bertz CT molecular complexity index is 309. The van der Waals surface area contributed by atoms with Crippen molar-refractivity contribution in [1.82, 2.24) is 15.1 Å². The van der Waals surface area contributed by atoms with Crippen LogP contribution in [0.5, 0.6) is 0 Å². The fourth-order valence-electron chi connectivity index (χ4n) is 2.09. The largest absolute Gasteiger partial charge is 0.481 e. The molecule has 0 radical (unpaired) electrons. The molecule has 0 aromatic carbocycles. The van der Waals surface area contributed by atoms with Gasteiger partial charge in [-0.2, -0.15) is 0 Å². The molecule has 0 aliphatic carbocycles. The number of amides is 2. The lowest BCUT2D eigenvalue weighted by atomic mass is 10.2. The third-order valence-corrected chi connectivity index (χ3v) is 3.44. The van der Waals surface area contributed by atoms with Gasteiger partial charge in [-0.15, -0.1) is 0 Å². The topological polar surface area (TPSA) is 72.9 Å². The first-order chi connectivity index (χ1) is 8.45. The van der Waals surface area contributed by atoms with Crippen molar-refractivity contribution >= 4 is 12.0 Å². The van der Waals surface area contributed by atoms with Crippen LogP contribution < -0.4 is 5.32 Å². The molecule has 1 saturated heterocycles. The van der Waals surface area contributed by atoms with E-state index in [9.17, 15) is 9.59 Å². The Morgan fingerprint density at radius 2 is 2.11 bits per heavy atom. The molecule has 0 spiro atoms. The molecule has 0 saturated carbocycles. The molecule has 0 aromatic heterocycles. The summed E-state index contributed by atoms with van der Waals surface area (Å²) in [5.41, 5.74) is 0. The number of nitrogens with one attached hydrogen (secondary N) is 1. The van der Waals surface area contributed by atoms with Gasteiger partial charge in [-0.3, -0.25) is 9.69 Å². The monoisotopic (exact) mass is 257 g/mol. The van der Waals surface area contributed by atoms with E-state index < -0.39 is 11.9 Å². The number of piperazine rings is 1. The van der Waals surface area contributed by atoms with Crippen LogP contribution in [0.2, 0.25) is 0 Å². The number of aliphatic carboxylic acids is 1. The summed E-state index contributed by atoms with van der Waals surface area (Å²) in [4.78, 5) is 26.6. The summed E-state index contributed by atoms with van der Waals surface area (Å²) in [5.74, 6) is -1.44. The zero-order chi connectivity index (χ0) is 13.7. The van der Waals surface area contributed by atoms with Crippen LogP contribution in [0.3, 0.4) is 0 Å². The van der Waals surface area contributed by atoms with Crippen LogP contribution in [0.25, 0.3) is 0 Å². The third-order valence-electron chi connectivity index (χ3n) is 3.44. The summed E-state index contributed by atoms with van der Waals surface area (Å²) in [6, 6.07) is 0.192. The highest BCUT2D eigenvalue weighted by Crippen LogP contribution is 2.08. The SMILES string of the molecule is CCN1CCN(C(=O)NCC(C)C(=O)O)CC1C. The quantitative estimate of drug-likeness (QED) is 0.766. The smallest absolute Gasteiger partial charge is 0.317 e. The minimum absolute atomic E-state index is 0.161. The minimum atomic E-state index is -0.889. The van der Waals surface area contributed by atoms with Gasteiger partial charge in [0.1, 0.15) is 0 Å². The molecular formula is C12H23N3O3. The van der Waals surface area contributed by atoms with Crippen molar-refractivity contribution in [3.8, 4) is 0 Å². The fraction of sp³-hybridized carbons (Fsp3) is 0.833. The van der Waals surface area contributed by atoms with Gasteiger partial charge in [-0.05, 0) is 13.5 Å². The maximum atomic E-state index is 11.9. The Labute approximate surface area is 108 Å². The Balaban J connectivity index is 2.37. The zero-order valence-corrected chi connectivity index (χ0v) is 11.3. The van der Waals surface area contributed by atoms with E-state index in [1.807, 2.05) is 0 Å². The summed E-state index contributed by atoms with van der Waals surface area (Å²) in [7, 11) is 0. The first-order valence-corrected chi connectivity index (χ1v) is 6.45. The van der Waals surface area contributed by atoms with E-state index in [-0.39, 0.29) is 12.6 Å². The summed E-state index contributed by atoms with van der Waals surface area (Å²) < 4.78 is 0. The van der Waals surface area contributed by atoms with Crippen LogP contribution in [0.4, 0.5) is 4.79 Å². The number of hydrogen-bond acceptors (Lipinski definition) is 3. The van der Waals surface area contributed by atoms with Crippen molar-refractivity contribution in [3.05, 3.63) is 0 Å². The van der Waals surface area contributed by atoms with Crippen LogP contribution in [-0.4, -0.2) is 65.7 Å². The van der Waals surface area contributed by atoms with Gasteiger partial charge in [0.2, 0.25) is 0 Å². The molecule has 104 valence electrons. The van der Waals surface area contributed by atoms with Crippen LogP contribution in [-0.2, 0) is 4.79 Å². The molecule has 6 nitrogen and oxygen atoms in total. The Kier molecular flexibility index (Phi) is 5.40. The number of carbonyl (C=O) groups is 2. The molecular weight excluding hydrogens is 234 g/mol. The molecule has 18 heavy (non-hydrogen) atoms. The van der Waals surface area contributed by atoms with Crippen molar-refractivity contribution in [2.45, 2.75) is 26.8 Å². The van der Waals surface area contributed by atoms with Crippen molar-refractivity contribution in [2.24, 2.45) is 5.92 Å². The zero-order valence-electron chi connectivity index (χ0n) is 11.3. The number of hydrogen-bond donors (Lipinski definition) is 2. The Hall–Kier alpha value is -1.30. The van der Waals surface area contributed by atoms with Gasteiger partial charge in [0.05, 0.1) is 5.92 Å². The second kappa shape index (κ2) is 6.58. The van der Waals surface area contributed by atoms with E-state index in [2.05, 4.69) is 24.1 Å². The van der Waals surface area contributed by atoms with Crippen molar-refractivity contribution in [1.29, 1.82) is 0 Å². The van der Waals surface area contributed by atoms with Gasteiger partial charge in [0.15, 0.2) is 0 Å². The molecule has 1 aliphatic rings. The van der Waals surface area contributed by atoms with E-state index in [1.165, 1.54) is 0 Å². The highest BCUT2D eigenvalue weighted by Gasteiger charge is 2.25. The number of carbonyl (C=O) groups excluding carboxylic acids is 1. The highest BCUT2D eigenvalue weighted by atomic mass is 16.4. The first-order valence-electron chi connectivity index (χ1n) is 6.45. The van der Waals surface area contributed by atoms with Crippen LogP contribution in [0.1, 0.15) is 20.8 Å². The molecule has 0 aromatic rings. The number of nitrogens with zero attached hydrogens (tertiary/aromatic N) is 2. The Morgan fingerprint density at radius 3 is 2.61 bits per heavy atom. The maximum absolute atomic E-state index is 11.9. The fourth-order valence-corrected chi connectivity index (χ4v) is 2.09. The van der Waals surface area contributed by atoms with Crippen molar-refractivity contribution in [2.75, 3.05) is 32.7 Å². The number of urea groups is 1. The van der Waals surface area contributed by atoms with Gasteiger partial charge in [0.25, 0.3) is 0 Å². The van der Waals surface area contributed by atoms with Crippen LogP contribution in [0.15, 0.2) is 0 Å². The molecule has 2 N–H and O–H groups in total. The predicted octanol–water partition coefficient (Wildman–Crippen LogP) is 0.443. The third kappa shape index (κ3) is 3.87. The molecule has 2 amide bonds. The molecule has 1 heterocycles. The van der Waals surface area contributed by atoms with Gasteiger partial charge in [-0.1, -0.05) is 13.8 Å². The van der Waals surface area contributed by atoms with Crippen LogP contribution in [0, 0.1) is 5.92 Å². The number of likely N-dealkylation sites (N-methyl/N-ethyl adjacent to an activating group) is 1. The lowest BCUT2D eigenvalue weighted by Crippen LogP contribution is -2.56. The Morgan fingerprint density at radius 1 is 1.44 bits per heavy atom. The van der Waals surface area contributed by atoms with Gasteiger partial charge in [0, 0.05) is 32.2 Å². The van der Waals surface area contributed by atoms with Gasteiger partial charge in [-0.25, -0.2) is 4.79 Å². The predicted molar refractivity (Wildman–Crippen MR) is 68.5 cm³/mol. The second-order valence-electron chi connectivity index (χ2n) is 4.85.